The summed E-state index contributed by atoms with van der Waals surface area (Å²) in [5.41, 5.74) is -1.44. The Morgan fingerprint density at radius 1 is 1.04 bits per heavy atom. The number of nitrogens with zero attached hydrogens (tertiary/aromatic N) is 1. The summed E-state index contributed by atoms with van der Waals surface area (Å²) in [7, 11) is -4.35. The van der Waals surface area contributed by atoms with Crippen LogP contribution in [0.15, 0.2) is 72.1 Å². The molecule has 4 rings (SSSR count). The molecule has 272 valence electrons. The van der Waals surface area contributed by atoms with Gasteiger partial charge in [0.2, 0.25) is 11.8 Å². The molecule has 3 atom stereocenters. The van der Waals surface area contributed by atoms with Gasteiger partial charge in [0, 0.05) is 18.5 Å². The lowest BCUT2D eigenvalue weighted by molar-refractivity contribution is -0.140. The Morgan fingerprint density at radius 2 is 1.72 bits per heavy atom. The maximum absolute atomic E-state index is 13.9. The Bertz CT molecular complexity index is 1650. The van der Waals surface area contributed by atoms with Gasteiger partial charge in [-0.1, -0.05) is 69.2 Å². The Labute approximate surface area is 295 Å². The average molecular weight is 711 g/mol. The van der Waals surface area contributed by atoms with Gasteiger partial charge in [0.25, 0.3) is 15.9 Å². The standard InChI is InChI=1S/C37H50N4O8S/c1-7-28-21-37(28,34(44)40-50(46,47)30-19-13-18-29(20-30)48-24-27-16-9-8-10-17-27)39-31(42)23-41(22-26-14-11-12-15-26)33(43)32(25(2)3)38-35(45)49-36(4,5)6/h7-10,13,16-20,25-26,28,32H,1,11-12,14-15,21-24H2,2-6H3,(H,38,45)(H,39,42)(H,40,44)/t28-,32?,37-/m1/s1. The fourth-order valence-electron chi connectivity index (χ4n) is 6.12. The van der Waals surface area contributed by atoms with Gasteiger partial charge in [0.15, 0.2) is 0 Å². The van der Waals surface area contributed by atoms with Crippen LogP contribution in [-0.4, -0.2) is 67.4 Å². The number of nitrogens with one attached hydrogen (secondary N) is 3. The van der Waals surface area contributed by atoms with Gasteiger partial charge in [0.05, 0.1) is 11.4 Å². The summed E-state index contributed by atoms with van der Waals surface area (Å²) >= 11 is 0. The highest BCUT2D eigenvalue weighted by molar-refractivity contribution is 7.90. The van der Waals surface area contributed by atoms with Gasteiger partial charge in [-0.05, 0) is 69.6 Å². The van der Waals surface area contributed by atoms with Crippen LogP contribution in [-0.2, 0) is 35.8 Å². The number of ether oxygens (including phenoxy) is 2. The van der Waals surface area contributed by atoms with Gasteiger partial charge in [0.1, 0.15) is 29.5 Å². The fourth-order valence-corrected chi connectivity index (χ4v) is 7.19. The number of alkyl carbamates (subject to hydrolysis) is 1. The molecule has 2 fully saturated rings. The van der Waals surface area contributed by atoms with Crippen LogP contribution in [0, 0.1) is 17.8 Å². The van der Waals surface area contributed by atoms with Gasteiger partial charge in [-0.25, -0.2) is 17.9 Å². The molecule has 2 aromatic rings. The van der Waals surface area contributed by atoms with Crippen LogP contribution in [0.2, 0.25) is 0 Å². The second-order valence-electron chi connectivity index (χ2n) is 14.5. The number of carbonyl (C=O) groups excluding carboxylic acids is 4. The summed E-state index contributed by atoms with van der Waals surface area (Å²) in [6.45, 7) is 12.6. The topological polar surface area (TPSA) is 160 Å². The highest BCUT2D eigenvalue weighted by atomic mass is 32.2. The van der Waals surface area contributed by atoms with E-state index in [4.69, 9.17) is 9.47 Å². The van der Waals surface area contributed by atoms with Crippen molar-refractivity contribution in [2.75, 3.05) is 13.1 Å². The van der Waals surface area contributed by atoms with Crippen LogP contribution in [0.4, 0.5) is 4.79 Å². The molecule has 2 saturated carbocycles. The van der Waals surface area contributed by atoms with Crippen LogP contribution in [0.5, 0.6) is 5.75 Å². The van der Waals surface area contributed by atoms with Gasteiger partial charge < -0.3 is 25.0 Å². The molecule has 3 N–H and O–H groups in total. The van der Waals surface area contributed by atoms with E-state index < -0.39 is 56.9 Å². The number of hydrogen-bond donors (Lipinski definition) is 3. The van der Waals surface area contributed by atoms with Gasteiger partial charge in [-0.15, -0.1) is 6.58 Å². The lowest BCUT2D eigenvalue weighted by atomic mass is 10.0. The van der Waals surface area contributed by atoms with Crippen molar-refractivity contribution in [3.63, 3.8) is 0 Å². The van der Waals surface area contributed by atoms with Crippen molar-refractivity contribution in [1.82, 2.24) is 20.3 Å². The number of hydrogen-bond acceptors (Lipinski definition) is 8. The molecule has 4 amide bonds. The molecule has 0 heterocycles. The predicted molar refractivity (Wildman–Crippen MR) is 188 cm³/mol. The summed E-state index contributed by atoms with van der Waals surface area (Å²) in [6.07, 6.45) is 4.72. The molecule has 0 aromatic heterocycles. The van der Waals surface area contributed by atoms with E-state index in [-0.39, 0.29) is 36.3 Å². The first kappa shape index (κ1) is 38.4. The molecule has 2 aromatic carbocycles. The minimum atomic E-state index is -4.35. The first-order valence-corrected chi connectivity index (χ1v) is 18.6. The fraction of sp³-hybridized carbons (Fsp3) is 0.514. The minimum absolute atomic E-state index is 0.134. The molecule has 50 heavy (non-hydrogen) atoms. The molecule has 0 aliphatic heterocycles. The molecule has 1 unspecified atom stereocenters. The normalized spacial score (nSPS) is 19.6. The first-order chi connectivity index (χ1) is 23.5. The third-order valence-electron chi connectivity index (χ3n) is 8.86. The van der Waals surface area contributed by atoms with E-state index in [1.165, 1.54) is 29.2 Å². The van der Waals surface area contributed by atoms with E-state index >= 15 is 0 Å². The quantitative estimate of drug-likeness (QED) is 0.224. The number of carbonyl (C=O) groups is 4. The number of sulfonamides is 1. The zero-order valence-electron chi connectivity index (χ0n) is 29.6. The van der Waals surface area contributed by atoms with E-state index in [1.54, 1.807) is 40.7 Å². The summed E-state index contributed by atoms with van der Waals surface area (Å²) in [6, 6.07) is 14.2. The third kappa shape index (κ3) is 10.3. The van der Waals surface area contributed by atoms with E-state index in [0.717, 1.165) is 31.2 Å². The van der Waals surface area contributed by atoms with E-state index in [0.29, 0.717) is 12.3 Å². The molecule has 0 spiro atoms. The van der Waals surface area contributed by atoms with Gasteiger partial charge in [-0.3, -0.25) is 14.4 Å². The number of rotatable bonds is 15. The molecule has 0 bridgehead atoms. The second-order valence-corrected chi connectivity index (χ2v) is 16.2. The highest BCUT2D eigenvalue weighted by Crippen LogP contribution is 2.45. The maximum Gasteiger partial charge on any atom is 0.408 e. The third-order valence-corrected chi connectivity index (χ3v) is 10.2. The van der Waals surface area contributed by atoms with Crippen molar-refractivity contribution in [3.8, 4) is 5.75 Å². The Kier molecular flexibility index (Phi) is 12.4. The first-order valence-electron chi connectivity index (χ1n) is 17.1. The van der Waals surface area contributed by atoms with Gasteiger partial charge in [-0.2, -0.15) is 0 Å². The van der Waals surface area contributed by atoms with E-state index in [2.05, 4.69) is 21.9 Å². The van der Waals surface area contributed by atoms with Crippen LogP contribution >= 0.6 is 0 Å². The Hall–Kier alpha value is -4.39. The molecular weight excluding hydrogens is 660 g/mol. The van der Waals surface area contributed by atoms with Crippen LogP contribution < -0.4 is 20.1 Å². The summed E-state index contributed by atoms with van der Waals surface area (Å²) in [4.78, 5) is 55.1. The summed E-state index contributed by atoms with van der Waals surface area (Å²) in [5, 5.41) is 5.40. The highest BCUT2D eigenvalue weighted by Gasteiger charge is 2.60. The van der Waals surface area contributed by atoms with Crippen molar-refractivity contribution in [2.24, 2.45) is 17.8 Å². The molecule has 12 nitrogen and oxygen atoms in total. The predicted octanol–water partition coefficient (Wildman–Crippen LogP) is 4.70. The SMILES string of the molecule is C=C[C@@H]1C[C@]1(NC(=O)CN(CC1CCCC1)C(=O)C(NC(=O)OC(C)(C)C)C(C)C)C(=O)NS(=O)(=O)c1cccc(OCc2ccccc2)c1. The monoisotopic (exact) mass is 710 g/mol. The lowest BCUT2D eigenvalue weighted by Gasteiger charge is -2.32. The summed E-state index contributed by atoms with van der Waals surface area (Å²) < 4.78 is 40.0. The van der Waals surface area contributed by atoms with E-state index in [9.17, 15) is 27.6 Å². The lowest BCUT2D eigenvalue weighted by Crippen LogP contribution is -2.57. The average Bonchev–Trinajstić information content (AvgIpc) is 3.52. The molecular formula is C37H50N4O8S. The molecule has 2 aliphatic carbocycles. The van der Waals surface area contributed by atoms with Crippen molar-refractivity contribution >= 4 is 33.8 Å². The van der Waals surface area contributed by atoms with Crippen molar-refractivity contribution in [1.29, 1.82) is 0 Å². The molecule has 2 aliphatic rings. The van der Waals surface area contributed by atoms with Gasteiger partial charge >= 0.3 is 6.09 Å². The minimum Gasteiger partial charge on any atom is -0.489 e. The van der Waals surface area contributed by atoms with Crippen molar-refractivity contribution in [3.05, 3.63) is 72.8 Å². The number of amides is 4. The Balaban J connectivity index is 1.47. The van der Waals surface area contributed by atoms with E-state index in [1.807, 2.05) is 30.3 Å². The second kappa shape index (κ2) is 16.1. The van der Waals surface area contributed by atoms with Crippen LogP contribution in [0.3, 0.4) is 0 Å². The maximum atomic E-state index is 13.9. The van der Waals surface area contributed by atoms with Crippen LogP contribution in [0.25, 0.3) is 0 Å². The zero-order valence-corrected chi connectivity index (χ0v) is 30.4. The number of benzene rings is 2. The summed E-state index contributed by atoms with van der Waals surface area (Å²) in [5.74, 6) is -2.36. The Morgan fingerprint density at radius 3 is 2.32 bits per heavy atom. The molecule has 13 heteroatoms. The van der Waals surface area contributed by atoms with Crippen LogP contribution in [0.1, 0.15) is 72.3 Å². The van der Waals surface area contributed by atoms with Crippen molar-refractivity contribution < 1.29 is 37.1 Å². The molecule has 0 saturated heterocycles. The van der Waals surface area contributed by atoms with Crippen molar-refractivity contribution in [2.45, 2.75) is 95.4 Å². The zero-order chi connectivity index (χ0) is 36.7. The largest absolute Gasteiger partial charge is 0.489 e. The smallest absolute Gasteiger partial charge is 0.408 e. The molecule has 0 radical (unpaired) electrons.